The topological polar surface area (TPSA) is 30.7 Å². The van der Waals surface area contributed by atoms with Crippen molar-refractivity contribution in [2.24, 2.45) is 0 Å². The van der Waals surface area contributed by atoms with Gasteiger partial charge in [0.05, 0.1) is 5.69 Å². The van der Waals surface area contributed by atoms with Crippen LogP contribution in [0.1, 0.15) is 39.2 Å². The summed E-state index contributed by atoms with van der Waals surface area (Å²) in [5.74, 6) is 0.748. The molecule has 46 heavy (non-hydrogen) atoms. The average molecular weight is 598 g/mol. The van der Waals surface area contributed by atoms with E-state index in [9.17, 15) is 0 Å². The van der Waals surface area contributed by atoms with Crippen LogP contribution < -0.4 is 0 Å². The van der Waals surface area contributed by atoms with Crippen molar-refractivity contribution in [1.29, 1.82) is 0 Å². The second kappa shape index (κ2) is 12.6. The van der Waals surface area contributed by atoms with Crippen LogP contribution in [0.15, 0.2) is 128 Å². The molecule has 0 unspecified atom stereocenters. The molecule has 226 valence electrons. The Kier molecular flexibility index (Phi) is 8.07. The van der Waals surface area contributed by atoms with Crippen LogP contribution in [0.2, 0.25) is 0 Å². The van der Waals surface area contributed by atoms with Crippen LogP contribution in [0.25, 0.3) is 77.0 Å². The van der Waals surface area contributed by atoms with Crippen molar-refractivity contribution in [1.82, 2.24) is 14.5 Å². The lowest BCUT2D eigenvalue weighted by molar-refractivity contribution is 0.803. The normalized spacial score (nSPS) is 11.3. The number of hydrogen-bond donors (Lipinski definition) is 0. The zero-order valence-electron chi connectivity index (χ0n) is 27.1. The van der Waals surface area contributed by atoms with Gasteiger partial charge in [0.15, 0.2) is 5.82 Å². The number of unbranched alkanes of at least 4 members (excludes halogenated alkanes) is 1. The molecule has 0 saturated carbocycles. The molecule has 0 aliphatic carbocycles. The van der Waals surface area contributed by atoms with Crippen molar-refractivity contribution in [3.05, 3.63) is 133 Å². The average Bonchev–Trinajstić information content (AvgIpc) is 3.43. The molecule has 2 aromatic heterocycles. The number of aromatic nitrogens is 3. The van der Waals surface area contributed by atoms with Gasteiger partial charge in [-0.05, 0) is 75.0 Å². The Bertz CT molecular complexity index is 2280. The van der Waals surface area contributed by atoms with E-state index >= 15 is 0 Å². The highest BCUT2D eigenvalue weighted by atomic mass is 15.0. The molecule has 0 amide bonds. The van der Waals surface area contributed by atoms with Crippen molar-refractivity contribution >= 4 is 43.2 Å². The maximum absolute atomic E-state index is 4.93. The summed E-state index contributed by atoms with van der Waals surface area (Å²) < 4.78 is 2.40. The standard InChI is InChI=1S/C39H29N3.C4H10/c1-3-42-36-19-11-18-34(37(36)25(2)38(42)26-12-5-4-6-13-26)39-40-23-28(24-41-39)27-20-21-33-31-16-8-7-14-29(31)30-15-9-10-17-32(30)35(33)22-27;1-3-4-2/h4-24H,3H2,1-2H3;3-4H2,1-2H3. The molecular formula is C43H39N3. The molecule has 8 aromatic rings. The maximum Gasteiger partial charge on any atom is 0.159 e. The Morgan fingerprint density at radius 3 is 1.67 bits per heavy atom. The minimum Gasteiger partial charge on any atom is -0.341 e. The van der Waals surface area contributed by atoms with Gasteiger partial charge in [0.2, 0.25) is 0 Å². The first-order chi connectivity index (χ1) is 22.6. The molecular weight excluding hydrogens is 558 g/mol. The zero-order valence-corrected chi connectivity index (χ0v) is 27.1. The highest BCUT2D eigenvalue weighted by Crippen LogP contribution is 2.39. The van der Waals surface area contributed by atoms with Crippen molar-refractivity contribution in [2.75, 3.05) is 0 Å². The molecule has 0 aliphatic heterocycles. The van der Waals surface area contributed by atoms with Gasteiger partial charge in [-0.15, -0.1) is 0 Å². The number of rotatable bonds is 5. The van der Waals surface area contributed by atoms with E-state index in [1.165, 1.54) is 72.9 Å². The third kappa shape index (κ3) is 5.02. The summed E-state index contributed by atoms with van der Waals surface area (Å²) in [6, 6.07) is 41.2. The van der Waals surface area contributed by atoms with E-state index in [0.29, 0.717) is 0 Å². The summed E-state index contributed by atoms with van der Waals surface area (Å²) >= 11 is 0. The third-order valence-electron chi connectivity index (χ3n) is 9.17. The predicted octanol–water partition coefficient (Wildman–Crippen LogP) is 12.0. The van der Waals surface area contributed by atoms with Crippen LogP contribution >= 0.6 is 0 Å². The van der Waals surface area contributed by atoms with Gasteiger partial charge in [0.25, 0.3) is 0 Å². The summed E-state index contributed by atoms with van der Waals surface area (Å²) in [6.07, 6.45) is 6.58. The quantitative estimate of drug-likeness (QED) is 0.185. The van der Waals surface area contributed by atoms with Gasteiger partial charge in [-0.2, -0.15) is 0 Å². The van der Waals surface area contributed by atoms with E-state index in [1.54, 1.807) is 0 Å². The Morgan fingerprint density at radius 1 is 0.522 bits per heavy atom. The third-order valence-corrected chi connectivity index (χ3v) is 9.17. The fourth-order valence-corrected chi connectivity index (χ4v) is 6.79. The van der Waals surface area contributed by atoms with Crippen molar-refractivity contribution < 1.29 is 0 Å². The fourth-order valence-electron chi connectivity index (χ4n) is 6.79. The van der Waals surface area contributed by atoms with Crippen molar-refractivity contribution in [3.63, 3.8) is 0 Å². The minimum absolute atomic E-state index is 0.748. The summed E-state index contributed by atoms with van der Waals surface area (Å²) in [6.45, 7) is 9.68. The molecule has 0 saturated heterocycles. The summed E-state index contributed by atoms with van der Waals surface area (Å²) in [5, 5.41) is 8.85. The zero-order chi connectivity index (χ0) is 31.6. The Morgan fingerprint density at radius 2 is 1.09 bits per heavy atom. The van der Waals surface area contributed by atoms with Crippen molar-refractivity contribution in [3.8, 4) is 33.8 Å². The number of aryl methyl sites for hydroxylation is 2. The molecule has 8 rings (SSSR count). The predicted molar refractivity (Wildman–Crippen MR) is 197 cm³/mol. The molecule has 0 spiro atoms. The van der Waals surface area contributed by atoms with Gasteiger partial charge >= 0.3 is 0 Å². The molecule has 6 aromatic carbocycles. The molecule has 3 heteroatoms. The molecule has 3 nitrogen and oxygen atoms in total. The summed E-state index contributed by atoms with van der Waals surface area (Å²) in [5.41, 5.74) is 8.16. The van der Waals surface area contributed by atoms with E-state index in [2.05, 4.69) is 148 Å². The lowest BCUT2D eigenvalue weighted by atomic mass is 9.92. The Hall–Kier alpha value is -5.28. The Labute approximate surface area is 271 Å². The van der Waals surface area contributed by atoms with E-state index in [4.69, 9.17) is 9.97 Å². The Balaban J connectivity index is 0.000000801. The lowest BCUT2D eigenvalue weighted by Crippen LogP contribution is -1.97. The van der Waals surface area contributed by atoms with Crippen LogP contribution in [0, 0.1) is 6.92 Å². The highest BCUT2D eigenvalue weighted by molar-refractivity contribution is 6.25. The highest BCUT2D eigenvalue weighted by Gasteiger charge is 2.19. The fraction of sp³-hybridized carbons (Fsp3) is 0.163. The van der Waals surface area contributed by atoms with Gasteiger partial charge in [0.1, 0.15) is 0 Å². The van der Waals surface area contributed by atoms with Gasteiger partial charge in [0, 0.05) is 41.0 Å². The minimum atomic E-state index is 0.748. The smallest absolute Gasteiger partial charge is 0.159 e. The SMILES string of the molecule is CCCC.CCn1c(-c2ccccc2)c(C)c2c(-c3ncc(-c4ccc5c6ccccc6c6ccccc6c5c4)cn3)cccc21. The van der Waals surface area contributed by atoms with Crippen LogP contribution in [-0.4, -0.2) is 14.5 Å². The van der Waals surface area contributed by atoms with Crippen LogP contribution in [0.5, 0.6) is 0 Å². The van der Waals surface area contributed by atoms with Gasteiger partial charge in [-0.3, -0.25) is 0 Å². The number of hydrogen-bond acceptors (Lipinski definition) is 2. The first-order valence-corrected chi connectivity index (χ1v) is 16.5. The molecule has 0 radical (unpaired) electrons. The van der Waals surface area contributed by atoms with Gasteiger partial charge < -0.3 is 4.57 Å². The van der Waals surface area contributed by atoms with Crippen LogP contribution in [0.3, 0.4) is 0 Å². The van der Waals surface area contributed by atoms with Gasteiger partial charge in [-0.1, -0.05) is 130 Å². The van der Waals surface area contributed by atoms with E-state index < -0.39 is 0 Å². The molecule has 0 atom stereocenters. The summed E-state index contributed by atoms with van der Waals surface area (Å²) in [4.78, 5) is 9.85. The van der Waals surface area contributed by atoms with Crippen LogP contribution in [0.4, 0.5) is 0 Å². The van der Waals surface area contributed by atoms with E-state index in [1.807, 2.05) is 12.4 Å². The maximum atomic E-state index is 4.93. The van der Waals surface area contributed by atoms with E-state index in [0.717, 1.165) is 29.1 Å². The van der Waals surface area contributed by atoms with Crippen molar-refractivity contribution in [2.45, 2.75) is 47.1 Å². The molecule has 0 aliphatic rings. The number of benzene rings is 6. The van der Waals surface area contributed by atoms with Gasteiger partial charge in [-0.25, -0.2) is 9.97 Å². The van der Waals surface area contributed by atoms with Crippen LogP contribution in [-0.2, 0) is 6.54 Å². The molecule has 0 bridgehead atoms. The summed E-state index contributed by atoms with van der Waals surface area (Å²) in [7, 11) is 0. The largest absolute Gasteiger partial charge is 0.341 e. The lowest BCUT2D eigenvalue weighted by Gasteiger charge is -2.12. The molecule has 0 fully saturated rings. The second-order valence-corrected chi connectivity index (χ2v) is 11.9. The first kappa shape index (κ1) is 29.4. The molecule has 0 N–H and O–H groups in total. The first-order valence-electron chi connectivity index (χ1n) is 16.5. The number of nitrogens with zero attached hydrogens (tertiary/aromatic N) is 3. The number of fused-ring (bicyclic) bond motifs is 7. The molecule has 2 heterocycles. The second-order valence-electron chi connectivity index (χ2n) is 11.9. The van der Waals surface area contributed by atoms with E-state index in [-0.39, 0.29) is 0 Å². The monoisotopic (exact) mass is 597 g/mol.